The number of unbranched alkanes of at least 4 members (excludes halogenated alkanes) is 1. The van der Waals surface area contributed by atoms with E-state index in [9.17, 15) is 5.11 Å². The fourth-order valence-electron chi connectivity index (χ4n) is 0.735. The van der Waals surface area contributed by atoms with Crippen LogP contribution in [0.1, 0.15) is 33.1 Å². The molecule has 0 radical (unpaired) electrons. The second kappa shape index (κ2) is 3.94. The summed E-state index contributed by atoms with van der Waals surface area (Å²) in [4.78, 5) is 1.85. The summed E-state index contributed by atoms with van der Waals surface area (Å²) in [6, 6.07) is 0. The lowest BCUT2D eigenvalue weighted by Crippen LogP contribution is -2.40. The number of rotatable bonds is 4. The average Bonchev–Trinajstić information content (AvgIpc) is 1.84. The first-order chi connectivity index (χ1) is 4.50. The minimum atomic E-state index is -0.615. The van der Waals surface area contributed by atoms with Gasteiger partial charge < -0.3 is 5.11 Å². The van der Waals surface area contributed by atoms with Crippen molar-refractivity contribution < 1.29 is 5.11 Å². The first-order valence-corrected chi connectivity index (χ1v) is 3.90. The van der Waals surface area contributed by atoms with Crippen LogP contribution in [0.3, 0.4) is 0 Å². The Morgan fingerprint density at radius 1 is 1.40 bits per heavy atom. The fourth-order valence-corrected chi connectivity index (χ4v) is 0.735. The standard InChI is InChI=1S/C8H19NO/c1-5-6-7-8(2,10)9(3)4/h10H,5-7H2,1-4H3. The van der Waals surface area contributed by atoms with Gasteiger partial charge in [0.05, 0.1) is 0 Å². The van der Waals surface area contributed by atoms with E-state index in [1.54, 1.807) is 0 Å². The molecule has 0 aromatic heterocycles. The molecule has 0 heterocycles. The average molecular weight is 145 g/mol. The zero-order chi connectivity index (χ0) is 8.20. The first-order valence-electron chi connectivity index (χ1n) is 3.90. The van der Waals surface area contributed by atoms with Crippen molar-refractivity contribution in [2.24, 2.45) is 0 Å². The van der Waals surface area contributed by atoms with Crippen molar-refractivity contribution in [2.45, 2.75) is 38.8 Å². The van der Waals surface area contributed by atoms with Gasteiger partial charge >= 0.3 is 0 Å². The predicted molar refractivity (Wildman–Crippen MR) is 43.8 cm³/mol. The largest absolute Gasteiger partial charge is 0.376 e. The summed E-state index contributed by atoms with van der Waals surface area (Å²) >= 11 is 0. The number of hydrogen-bond donors (Lipinski definition) is 1. The maximum atomic E-state index is 9.65. The van der Waals surface area contributed by atoms with E-state index in [4.69, 9.17) is 0 Å². The van der Waals surface area contributed by atoms with E-state index in [0.717, 1.165) is 19.3 Å². The van der Waals surface area contributed by atoms with Crippen LogP contribution in [0, 0.1) is 0 Å². The minimum absolute atomic E-state index is 0.615. The van der Waals surface area contributed by atoms with Crippen LogP contribution in [0.2, 0.25) is 0 Å². The van der Waals surface area contributed by atoms with Crippen molar-refractivity contribution in [2.75, 3.05) is 14.1 Å². The molecule has 0 fully saturated rings. The highest BCUT2D eigenvalue weighted by molar-refractivity contribution is 4.67. The van der Waals surface area contributed by atoms with Gasteiger partial charge in [-0.05, 0) is 33.9 Å². The second-order valence-electron chi connectivity index (χ2n) is 3.21. The molecule has 2 heteroatoms. The Morgan fingerprint density at radius 2 is 1.90 bits per heavy atom. The summed E-state index contributed by atoms with van der Waals surface area (Å²) in [5.74, 6) is 0. The molecule has 0 spiro atoms. The van der Waals surface area contributed by atoms with Crippen LogP contribution in [0.4, 0.5) is 0 Å². The van der Waals surface area contributed by atoms with Crippen LogP contribution in [0.25, 0.3) is 0 Å². The van der Waals surface area contributed by atoms with Crippen LogP contribution < -0.4 is 0 Å². The van der Waals surface area contributed by atoms with Gasteiger partial charge in [-0.1, -0.05) is 13.3 Å². The Hall–Kier alpha value is -0.0800. The summed E-state index contributed by atoms with van der Waals surface area (Å²) in [5.41, 5.74) is -0.615. The number of aliphatic hydroxyl groups is 1. The quantitative estimate of drug-likeness (QED) is 0.605. The smallest absolute Gasteiger partial charge is 0.115 e. The Balaban J connectivity index is 3.63. The zero-order valence-electron chi connectivity index (χ0n) is 7.52. The Morgan fingerprint density at radius 3 is 2.20 bits per heavy atom. The molecule has 0 aliphatic heterocycles. The summed E-state index contributed by atoms with van der Waals surface area (Å²) < 4.78 is 0. The van der Waals surface area contributed by atoms with E-state index in [1.165, 1.54) is 0 Å². The number of hydrogen-bond acceptors (Lipinski definition) is 2. The normalized spacial score (nSPS) is 17.4. The van der Waals surface area contributed by atoms with E-state index >= 15 is 0 Å². The Labute approximate surface area is 63.8 Å². The van der Waals surface area contributed by atoms with Gasteiger partial charge in [0.1, 0.15) is 5.72 Å². The second-order valence-corrected chi connectivity index (χ2v) is 3.21. The zero-order valence-corrected chi connectivity index (χ0v) is 7.52. The molecule has 0 amide bonds. The molecule has 1 unspecified atom stereocenters. The topological polar surface area (TPSA) is 23.5 Å². The monoisotopic (exact) mass is 145 g/mol. The molecule has 0 aromatic rings. The lowest BCUT2D eigenvalue weighted by atomic mass is 10.1. The van der Waals surface area contributed by atoms with Gasteiger partial charge in [-0.25, -0.2) is 0 Å². The predicted octanol–water partition coefficient (Wildman–Crippen LogP) is 1.45. The molecule has 0 saturated carbocycles. The third-order valence-electron chi connectivity index (χ3n) is 1.97. The molecule has 0 saturated heterocycles. The van der Waals surface area contributed by atoms with E-state index in [0.29, 0.717) is 0 Å². The lowest BCUT2D eigenvalue weighted by Gasteiger charge is -2.30. The van der Waals surface area contributed by atoms with Gasteiger partial charge in [-0.15, -0.1) is 0 Å². The summed E-state index contributed by atoms with van der Waals surface area (Å²) in [7, 11) is 3.80. The SMILES string of the molecule is CCCCC(C)(O)N(C)C. The highest BCUT2D eigenvalue weighted by Gasteiger charge is 2.21. The van der Waals surface area contributed by atoms with Crippen LogP contribution in [-0.2, 0) is 0 Å². The van der Waals surface area contributed by atoms with Crippen LogP contribution in [0.15, 0.2) is 0 Å². The van der Waals surface area contributed by atoms with Crippen molar-refractivity contribution in [1.82, 2.24) is 4.90 Å². The van der Waals surface area contributed by atoms with Crippen molar-refractivity contribution >= 4 is 0 Å². The van der Waals surface area contributed by atoms with E-state index in [2.05, 4.69) is 6.92 Å². The van der Waals surface area contributed by atoms with Crippen LogP contribution >= 0.6 is 0 Å². The highest BCUT2D eigenvalue weighted by atomic mass is 16.3. The molecule has 62 valence electrons. The molecule has 2 nitrogen and oxygen atoms in total. The molecule has 0 aliphatic carbocycles. The maximum Gasteiger partial charge on any atom is 0.115 e. The van der Waals surface area contributed by atoms with Gasteiger partial charge in [0, 0.05) is 0 Å². The molecule has 0 rings (SSSR count). The van der Waals surface area contributed by atoms with Gasteiger partial charge in [0.2, 0.25) is 0 Å². The maximum absolute atomic E-state index is 9.65. The van der Waals surface area contributed by atoms with Gasteiger partial charge in [0.25, 0.3) is 0 Å². The highest BCUT2D eigenvalue weighted by Crippen LogP contribution is 2.14. The lowest BCUT2D eigenvalue weighted by molar-refractivity contribution is -0.0731. The van der Waals surface area contributed by atoms with Crippen molar-refractivity contribution in [3.8, 4) is 0 Å². The minimum Gasteiger partial charge on any atom is -0.376 e. The summed E-state index contributed by atoms with van der Waals surface area (Å²) in [5, 5.41) is 9.65. The van der Waals surface area contributed by atoms with Gasteiger partial charge in [-0.2, -0.15) is 0 Å². The molecule has 10 heavy (non-hydrogen) atoms. The molecule has 0 aromatic carbocycles. The third kappa shape index (κ3) is 3.18. The molecule has 0 aliphatic rings. The summed E-state index contributed by atoms with van der Waals surface area (Å²) in [6.45, 7) is 3.98. The van der Waals surface area contributed by atoms with Crippen molar-refractivity contribution in [3.63, 3.8) is 0 Å². The van der Waals surface area contributed by atoms with E-state index in [-0.39, 0.29) is 0 Å². The van der Waals surface area contributed by atoms with Crippen molar-refractivity contribution in [1.29, 1.82) is 0 Å². The van der Waals surface area contributed by atoms with Crippen LogP contribution in [0.5, 0.6) is 0 Å². The molecule has 1 atom stereocenters. The molecule has 1 N–H and O–H groups in total. The molecular weight excluding hydrogens is 126 g/mol. The van der Waals surface area contributed by atoms with Crippen LogP contribution in [-0.4, -0.2) is 29.8 Å². The van der Waals surface area contributed by atoms with Gasteiger partial charge in [0.15, 0.2) is 0 Å². The Bertz CT molecular complexity index is 89.3. The summed E-state index contributed by atoms with van der Waals surface area (Å²) in [6.07, 6.45) is 3.09. The van der Waals surface area contributed by atoms with Crippen molar-refractivity contribution in [3.05, 3.63) is 0 Å². The number of nitrogens with zero attached hydrogens (tertiary/aromatic N) is 1. The molecule has 0 bridgehead atoms. The third-order valence-corrected chi connectivity index (χ3v) is 1.97. The van der Waals surface area contributed by atoms with E-state index < -0.39 is 5.72 Å². The van der Waals surface area contributed by atoms with E-state index in [1.807, 2.05) is 25.9 Å². The Kier molecular flexibility index (Phi) is 3.91. The fraction of sp³-hybridized carbons (Fsp3) is 1.00. The van der Waals surface area contributed by atoms with Gasteiger partial charge in [-0.3, -0.25) is 4.90 Å². The molecular formula is C8H19NO. The first kappa shape index (κ1) is 9.92.